The minimum Gasteiger partial charge on any atom is -0.399 e. The second kappa shape index (κ2) is 30.5. The topological polar surface area (TPSA) is 270 Å². The highest BCUT2D eigenvalue weighted by molar-refractivity contribution is 9.10. The van der Waals surface area contributed by atoms with Crippen molar-refractivity contribution in [3.05, 3.63) is 200 Å². The van der Waals surface area contributed by atoms with Crippen LogP contribution in [0.4, 0.5) is 43.7 Å². The Hall–Kier alpha value is -7.19. The highest BCUT2D eigenvalue weighted by atomic mass is 79.9. The van der Waals surface area contributed by atoms with Gasteiger partial charge in [-0.3, -0.25) is 24.5 Å². The van der Waals surface area contributed by atoms with Crippen molar-refractivity contribution in [1.82, 2.24) is 24.9 Å². The molecule has 89 heavy (non-hydrogen) atoms. The van der Waals surface area contributed by atoms with E-state index < -0.39 is 96.9 Å². The molecule has 1 fully saturated rings. The predicted molar refractivity (Wildman–Crippen MR) is 332 cm³/mol. The highest BCUT2D eigenvalue weighted by Crippen LogP contribution is 2.37. The van der Waals surface area contributed by atoms with Crippen LogP contribution >= 0.6 is 42.5 Å². The number of hydrogen-bond acceptors (Lipinski definition) is 16. The van der Waals surface area contributed by atoms with E-state index in [-0.39, 0.29) is 23.0 Å². The van der Waals surface area contributed by atoms with Crippen molar-refractivity contribution >= 4 is 113 Å². The first-order chi connectivity index (χ1) is 41.3. The average Bonchev–Trinajstić information content (AvgIpc) is 1.85. The van der Waals surface area contributed by atoms with Crippen molar-refractivity contribution in [1.29, 1.82) is 0 Å². The van der Waals surface area contributed by atoms with Crippen molar-refractivity contribution in [2.45, 2.75) is 99.7 Å². The molecule has 4 N–H and O–H groups in total. The molecule has 0 saturated carbocycles. The first-order valence-corrected chi connectivity index (χ1v) is 33.0. The Morgan fingerprint density at radius 3 is 1.37 bits per heavy atom. The number of nitrogens with two attached hydrogens (primary N) is 1. The summed E-state index contributed by atoms with van der Waals surface area (Å²) in [5.41, 5.74) is 10.3. The van der Waals surface area contributed by atoms with Crippen LogP contribution in [0.3, 0.4) is 0 Å². The summed E-state index contributed by atoms with van der Waals surface area (Å²) in [7, 11) is -7.70. The van der Waals surface area contributed by atoms with Crippen LogP contribution in [0, 0.1) is 55.7 Å². The van der Waals surface area contributed by atoms with Crippen LogP contribution in [0.25, 0.3) is 11.1 Å². The largest absolute Gasteiger partial charge is 0.495 e. The molecule has 1 saturated heterocycles. The number of carbonyl (C=O) groups is 2. The number of pyridine rings is 5. The van der Waals surface area contributed by atoms with Gasteiger partial charge in [0.15, 0.2) is 19.7 Å². The number of halogens is 9. The first kappa shape index (κ1) is 72.6. The highest BCUT2D eigenvalue weighted by Gasteiger charge is 2.51. The summed E-state index contributed by atoms with van der Waals surface area (Å²) in [5.74, 6) is -6.41. The fourth-order valence-electron chi connectivity index (χ4n) is 7.47. The van der Waals surface area contributed by atoms with Gasteiger partial charge in [-0.15, -0.1) is 0 Å². The number of aromatic nitrogens is 5. The number of nitrogens with one attached hydrogen (secondary N) is 2. The number of aryl methyl sites for hydroxylation is 3. The van der Waals surface area contributed by atoms with E-state index in [1.807, 2.05) is 46.8 Å². The summed E-state index contributed by atoms with van der Waals surface area (Å²) in [6.07, 6.45) is 7.98. The summed E-state index contributed by atoms with van der Waals surface area (Å²) in [6.45, 7) is 16.0. The molecule has 9 rings (SSSR count). The van der Waals surface area contributed by atoms with Crippen LogP contribution in [-0.4, -0.2) is 80.3 Å². The zero-order chi connectivity index (χ0) is 66.6. The molecule has 3 aromatic carbocycles. The lowest BCUT2D eigenvalue weighted by molar-refractivity contribution is -0.115. The Morgan fingerprint density at radius 2 is 0.944 bits per heavy atom. The second-order valence-electron chi connectivity index (χ2n) is 20.2. The number of hydrogen-bond donors (Lipinski definition) is 3. The van der Waals surface area contributed by atoms with Gasteiger partial charge in [0.05, 0.1) is 34.1 Å². The molecular weight excluding hydrogens is 1380 g/mol. The maximum absolute atomic E-state index is 14.0. The zero-order valence-corrected chi connectivity index (χ0v) is 55.0. The Balaban J connectivity index is 0.000000213. The SMILES string of the molecule is CC(=O)Nc1cc(-c2cnc(C)c(CS(=O)(=O)c3ccc(F)cc3F)c2)ccn1.CC(=O)Nc1cc(B2OC(C)(C)C(C)(C)O2)ccn1.Cc1ncc(Br)cc1CS(=O)(=O)c1ccc(F)cc1F.Cc1ncc(Br)cc1N.O=S(=O)(Cl)c1ccc(F)cc1F. The van der Waals surface area contributed by atoms with Gasteiger partial charge < -0.3 is 25.7 Å². The van der Waals surface area contributed by atoms with Gasteiger partial charge in [-0.1, -0.05) is 0 Å². The molecule has 18 nitrogen and oxygen atoms in total. The molecule has 2 amide bonds. The van der Waals surface area contributed by atoms with Crippen LogP contribution in [0.15, 0.2) is 152 Å². The van der Waals surface area contributed by atoms with Gasteiger partial charge in [-0.2, -0.15) is 0 Å². The molecular formula is C58H56BBr2ClF6N8O10S3. The lowest BCUT2D eigenvalue weighted by atomic mass is 9.80. The van der Waals surface area contributed by atoms with E-state index in [1.165, 1.54) is 20.0 Å². The van der Waals surface area contributed by atoms with Crippen molar-refractivity contribution < 1.29 is 70.5 Å². The van der Waals surface area contributed by atoms with Gasteiger partial charge in [0.1, 0.15) is 61.2 Å². The summed E-state index contributed by atoms with van der Waals surface area (Å²) in [5, 5.41) is 5.22. The van der Waals surface area contributed by atoms with E-state index in [2.05, 4.69) is 67.4 Å². The van der Waals surface area contributed by atoms with Crippen LogP contribution in [0.2, 0.25) is 0 Å². The Kier molecular flexibility index (Phi) is 24.9. The third-order valence-corrected chi connectivity index (χ3v) is 18.4. The molecule has 0 aliphatic carbocycles. The third kappa shape index (κ3) is 21.2. The van der Waals surface area contributed by atoms with Crippen molar-refractivity contribution in [2.24, 2.45) is 0 Å². The molecule has 0 spiro atoms. The monoisotopic (exact) mass is 1440 g/mol. The first-order valence-electron chi connectivity index (χ1n) is 25.8. The lowest BCUT2D eigenvalue weighted by Crippen LogP contribution is -2.41. The minimum absolute atomic E-state index is 0.154. The fraction of sp³-hybridized carbons (Fsp3) is 0.224. The molecule has 1 aliphatic heterocycles. The van der Waals surface area contributed by atoms with E-state index in [4.69, 9.17) is 25.7 Å². The number of nitrogen functional groups attached to an aromatic ring is 1. The maximum Gasteiger partial charge on any atom is 0.495 e. The molecule has 5 aromatic heterocycles. The van der Waals surface area contributed by atoms with Gasteiger partial charge in [-0.05, 0) is 181 Å². The summed E-state index contributed by atoms with van der Waals surface area (Å²) in [4.78, 5) is 40.8. The Morgan fingerprint density at radius 1 is 0.539 bits per heavy atom. The number of amides is 2. The number of rotatable bonds is 11. The van der Waals surface area contributed by atoms with Gasteiger partial charge in [0.2, 0.25) is 11.8 Å². The minimum atomic E-state index is -4.12. The normalized spacial score (nSPS) is 13.2. The van der Waals surface area contributed by atoms with E-state index in [0.717, 1.165) is 57.7 Å². The van der Waals surface area contributed by atoms with E-state index >= 15 is 0 Å². The molecule has 1 aliphatic rings. The summed E-state index contributed by atoms with van der Waals surface area (Å²) >= 11 is 6.46. The molecule has 0 atom stereocenters. The van der Waals surface area contributed by atoms with Gasteiger partial charge in [0.25, 0.3) is 9.05 Å². The maximum atomic E-state index is 14.0. The third-order valence-electron chi connectivity index (χ3n) is 12.8. The molecule has 472 valence electrons. The molecule has 31 heteroatoms. The zero-order valence-electron chi connectivity index (χ0n) is 48.6. The molecule has 0 unspecified atom stereocenters. The van der Waals surface area contributed by atoms with E-state index in [9.17, 15) is 61.2 Å². The van der Waals surface area contributed by atoms with Gasteiger partial charge in [0, 0.05) is 99.6 Å². The van der Waals surface area contributed by atoms with Crippen LogP contribution in [0.5, 0.6) is 0 Å². The lowest BCUT2D eigenvalue weighted by Gasteiger charge is -2.32. The summed E-state index contributed by atoms with van der Waals surface area (Å²) < 4.78 is 163. The summed E-state index contributed by atoms with van der Waals surface area (Å²) in [6, 6.07) is 18.8. The number of nitrogens with zero attached hydrogens (tertiary/aromatic N) is 5. The number of benzene rings is 3. The Bertz CT molecular complexity index is 4270. The molecule has 6 heterocycles. The fourth-order valence-corrected chi connectivity index (χ4v) is 12.1. The molecule has 8 aromatic rings. The van der Waals surface area contributed by atoms with Crippen molar-refractivity contribution in [3.8, 4) is 11.1 Å². The standard InChI is InChI=1S/C20H17F2N3O3S.C13H19BN2O3.C13H10BrF2NO2S.C6H7BrN2.C6H3ClF2O2S/c1-12-16(11-29(27,28)19-4-3-17(21)9-18(19)22)7-15(10-24-12)14-5-6-23-20(8-14)25-13(2)26;1-9(17)16-11-8-10(6-7-15-11)14-18-12(2,3)13(4,5)19-14;1-8-9(4-10(14)6-17-8)7-20(18,19)13-3-2-11(15)5-12(13)16;1-4-6(8)2-5(7)3-9-4;7-12(10,11)6-2-1-4(8)3-5(6)9/h3-10H,11H2,1-2H3,(H,23,25,26);6-8H,1-5H3,(H,15,16,17);2-6H,7H2,1H3;2-3H,8H2,1H3;1-3H. The number of sulfone groups is 2. The molecule has 0 radical (unpaired) electrons. The van der Waals surface area contributed by atoms with Crippen LogP contribution in [0.1, 0.15) is 69.8 Å². The van der Waals surface area contributed by atoms with Crippen LogP contribution < -0.4 is 21.8 Å². The van der Waals surface area contributed by atoms with Gasteiger partial charge >= 0.3 is 7.12 Å². The van der Waals surface area contributed by atoms with Gasteiger partial charge in [-0.25, -0.2) is 61.6 Å². The number of carbonyl (C=O) groups excluding carboxylic acids is 2. The van der Waals surface area contributed by atoms with Crippen LogP contribution in [-0.2, 0) is 59.1 Å². The predicted octanol–water partition coefficient (Wildman–Crippen LogP) is 12.0. The van der Waals surface area contributed by atoms with Crippen molar-refractivity contribution in [2.75, 3.05) is 16.4 Å². The molecule has 0 bridgehead atoms. The quantitative estimate of drug-likeness (QED) is 0.0470. The smallest absolute Gasteiger partial charge is 0.399 e. The van der Waals surface area contributed by atoms with Crippen molar-refractivity contribution in [3.63, 3.8) is 0 Å². The second-order valence-corrected chi connectivity index (χ2v) is 28.5. The van der Waals surface area contributed by atoms with E-state index in [0.29, 0.717) is 67.9 Å². The average molecular weight is 1440 g/mol. The number of anilines is 3. The Labute approximate surface area is 532 Å². The van der Waals surface area contributed by atoms with E-state index in [1.54, 1.807) is 69.0 Å².